The molecule has 5 nitrogen and oxygen atoms in total. The number of para-hydroxylation sites is 1. The van der Waals surface area contributed by atoms with Gasteiger partial charge in [0, 0.05) is 11.8 Å². The fourth-order valence-electron chi connectivity index (χ4n) is 1.53. The van der Waals surface area contributed by atoms with Crippen LogP contribution in [-0.2, 0) is 4.79 Å². The monoisotopic (exact) mass is 259 g/mol. The summed E-state index contributed by atoms with van der Waals surface area (Å²) >= 11 is 0. The van der Waals surface area contributed by atoms with Crippen molar-refractivity contribution in [1.82, 2.24) is 0 Å². The van der Waals surface area contributed by atoms with Crippen molar-refractivity contribution in [2.45, 2.75) is 6.92 Å². The first kappa shape index (κ1) is 12.9. The Labute approximate surface area is 109 Å². The van der Waals surface area contributed by atoms with E-state index < -0.39 is 0 Å². The summed E-state index contributed by atoms with van der Waals surface area (Å²) in [7, 11) is 0. The molecule has 0 aliphatic rings. The van der Waals surface area contributed by atoms with Crippen molar-refractivity contribution in [1.29, 1.82) is 0 Å². The quantitative estimate of drug-likeness (QED) is 0.911. The highest BCUT2D eigenvalue weighted by molar-refractivity contribution is 5.91. The zero-order chi connectivity index (χ0) is 13.7. The van der Waals surface area contributed by atoms with Crippen LogP contribution in [0.3, 0.4) is 0 Å². The maximum atomic E-state index is 11.6. The molecule has 0 unspecified atom stereocenters. The second kappa shape index (κ2) is 5.86. The number of hydrogen-bond acceptors (Lipinski definition) is 4. The SMILES string of the molecule is Cc1occc(=O)c1OCC(=O)Nc1ccccc1. The van der Waals surface area contributed by atoms with Gasteiger partial charge in [-0.1, -0.05) is 18.2 Å². The minimum absolute atomic E-state index is 0.0608. The van der Waals surface area contributed by atoms with Crippen molar-refractivity contribution in [3.05, 3.63) is 58.6 Å². The summed E-state index contributed by atoms with van der Waals surface area (Å²) in [4.78, 5) is 23.1. The molecular weight excluding hydrogens is 246 g/mol. The van der Waals surface area contributed by atoms with E-state index in [-0.39, 0.29) is 23.7 Å². The molecule has 98 valence electrons. The van der Waals surface area contributed by atoms with Crippen LogP contribution in [0.1, 0.15) is 5.76 Å². The van der Waals surface area contributed by atoms with Crippen LogP contribution < -0.4 is 15.5 Å². The summed E-state index contributed by atoms with van der Waals surface area (Å²) in [6.07, 6.45) is 1.29. The van der Waals surface area contributed by atoms with Gasteiger partial charge in [0.2, 0.25) is 11.2 Å². The Morgan fingerprint density at radius 2 is 2.00 bits per heavy atom. The number of benzene rings is 1. The van der Waals surface area contributed by atoms with Crippen LogP contribution in [0, 0.1) is 6.92 Å². The molecule has 2 aromatic rings. The van der Waals surface area contributed by atoms with E-state index in [0.29, 0.717) is 11.4 Å². The Kier molecular flexibility index (Phi) is 3.97. The maximum absolute atomic E-state index is 11.6. The molecular formula is C14H13NO4. The van der Waals surface area contributed by atoms with Crippen LogP contribution in [0.2, 0.25) is 0 Å². The van der Waals surface area contributed by atoms with Crippen LogP contribution in [0.15, 0.2) is 51.9 Å². The summed E-state index contributed by atoms with van der Waals surface area (Å²) < 4.78 is 10.2. The lowest BCUT2D eigenvalue weighted by atomic mass is 10.3. The van der Waals surface area contributed by atoms with E-state index >= 15 is 0 Å². The predicted octanol–water partition coefficient (Wildman–Crippen LogP) is 1.97. The molecule has 5 heteroatoms. The van der Waals surface area contributed by atoms with Crippen LogP contribution in [0.5, 0.6) is 5.75 Å². The van der Waals surface area contributed by atoms with Gasteiger partial charge >= 0.3 is 0 Å². The average Bonchev–Trinajstić information content (AvgIpc) is 2.39. The normalized spacial score (nSPS) is 9.95. The largest absolute Gasteiger partial charge is 0.476 e. The highest BCUT2D eigenvalue weighted by atomic mass is 16.5. The number of nitrogens with one attached hydrogen (secondary N) is 1. The third-order valence-electron chi connectivity index (χ3n) is 2.41. The molecule has 0 aliphatic carbocycles. The Bertz CT molecular complexity index is 619. The van der Waals surface area contributed by atoms with E-state index in [1.54, 1.807) is 19.1 Å². The highest BCUT2D eigenvalue weighted by Gasteiger charge is 2.09. The van der Waals surface area contributed by atoms with Crippen molar-refractivity contribution < 1.29 is 13.9 Å². The van der Waals surface area contributed by atoms with Gasteiger partial charge in [-0.05, 0) is 19.1 Å². The topological polar surface area (TPSA) is 68.5 Å². The summed E-state index contributed by atoms with van der Waals surface area (Å²) in [5, 5.41) is 2.65. The Hall–Kier alpha value is -2.56. The zero-order valence-electron chi connectivity index (χ0n) is 10.4. The number of anilines is 1. The van der Waals surface area contributed by atoms with E-state index in [0.717, 1.165) is 0 Å². The maximum Gasteiger partial charge on any atom is 0.262 e. The molecule has 0 bridgehead atoms. The summed E-state index contributed by atoms with van der Waals surface area (Å²) in [5.41, 5.74) is 0.365. The third kappa shape index (κ3) is 3.45. The molecule has 1 N–H and O–H groups in total. The van der Waals surface area contributed by atoms with Gasteiger partial charge in [0.25, 0.3) is 5.91 Å². The smallest absolute Gasteiger partial charge is 0.262 e. The van der Waals surface area contributed by atoms with Crippen molar-refractivity contribution in [3.63, 3.8) is 0 Å². The first-order valence-electron chi connectivity index (χ1n) is 5.73. The van der Waals surface area contributed by atoms with Gasteiger partial charge < -0.3 is 14.5 Å². The molecule has 0 saturated carbocycles. The molecule has 0 spiro atoms. The van der Waals surface area contributed by atoms with Gasteiger partial charge in [0.15, 0.2) is 6.61 Å². The fourth-order valence-corrected chi connectivity index (χ4v) is 1.53. The molecule has 0 aliphatic heterocycles. The average molecular weight is 259 g/mol. The molecule has 0 fully saturated rings. The highest BCUT2D eigenvalue weighted by Crippen LogP contribution is 2.11. The first-order chi connectivity index (χ1) is 9.16. The minimum Gasteiger partial charge on any atom is -0.476 e. The van der Waals surface area contributed by atoms with Crippen molar-refractivity contribution in [2.75, 3.05) is 11.9 Å². The van der Waals surface area contributed by atoms with Gasteiger partial charge in [0.05, 0.1) is 6.26 Å². The number of hydrogen-bond donors (Lipinski definition) is 1. The Morgan fingerprint density at radius 3 is 2.68 bits per heavy atom. The minimum atomic E-state index is -0.339. The third-order valence-corrected chi connectivity index (χ3v) is 2.41. The Morgan fingerprint density at radius 1 is 1.26 bits per heavy atom. The summed E-state index contributed by atoms with van der Waals surface area (Å²) in [5.74, 6) is 0.0691. The van der Waals surface area contributed by atoms with Crippen LogP contribution in [-0.4, -0.2) is 12.5 Å². The number of amides is 1. The van der Waals surface area contributed by atoms with Crippen LogP contribution in [0.25, 0.3) is 0 Å². The Balaban J connectivity index is 1.96. The predicted molar refractivity (Wildman–Crippen MR) is 70.3 cm³/mol. The lowest BCUT2D eigenvalue weighted by molar-refractivity contribution is -0.118. The molecule has 2 rings (SSSR count). The first-order valence-corrected chi connectivity index (χ1v) is 5.73. The standard InChI is InChI=1S/C14H13NO4/c1-10-14(12(16)7-8-18-10)19-9-13(17)15-11-5-3-2-4-6-11/h2-8H,9H2,1H3,(H,15,17). The molecule has 0 atom stereocenters. The summed E-state index contributed by atoms with van der Waals surface area (Å²) in [6.45, 7) is 1.36. The zero-order valence-corrected chi connectivity index (χ0v) is 10.4. The van der Waals surface area contributed by atoms with Gasteiger partial charge in [-0.25, -0.2) is 0 Å². The molecule has 1 aromatic heterocycles. The molecule has 1 amide bonds. The van der Waals surface area contributed by atoms with E-state index in [2.05, 4.69) is 5.32 Å². The number of ether oxygens (including phenoxy) is 1. The molecule has 0 saturated heterocycles. The van der Waals surface area contributed by atoms with E-state index in [1.165, 1.54) is 12.3 Å². The number of rotatable bonds is 4. The second-order valence-electron chi connectivity index (χ2n) is 3.87. The van der Waals surface area contributed by atoms with Gasteiger partial charge in [-0.2, -0.15) is 0 Å². The van der Waals surface area contributed by atoms with E-state index in [9.17, 15) is 9.59 Å². The van der Waals surface area contributed by atoms with Gasteiger partial charge in [0.1, 0.15) is 5.76 Å². The second-order valence-corrected chi connectivity index (χ2v) is 3.87. The molecule has 19 heavy (non-hydrogen) atoms. The lowest BCUT2D eigenvalue weighted by Gasteiger charge is -2.07. The van der Waals surface area contributed by atoms with E-state index in [4.69, 9.17) is 9.15 Å². The van der Waals surface area contributed by atoms with Crippen LogP contribution in [0.4, 0.5) is 5.69 Å². The summed E-state index contributed by atoms with van der Waals surface area (Å²) in [6, 6.07) is 10.3. The lowest BCUT2D eigenvalue weighted by Crippen LogP contribution is -2.22. The fraction of sp³-hybridized carbons (Fsp3) is 0.143. The molecule has 1 aromatic carbocycles. The van der Waals surface area contributed by atoms with Crippen molar-refractivity contribution in [2.24, 2.45) is 0 Å². The van der Waals surface area contributed by atoms with Gasteiger partial charge in [-0.3, -0.25) is 9.59 Å². The number of carbonyl (C=O) groups excluding carboxylic acids is 1. The van der Waals surface area contributed by atoms with Crippen LogP contribution >= 0.6 is 0 Å². The number of aryl methyl sites for hydroxylation is 1. The van der Waals surface area contributed by atoms with Gasteiger partial charge in [-0.15, -0.1) is 0 Å². The molecule has 1 heterocycles. The van der Waals surface area contributed by atoms with E-state index in [1.807, 2.05) is 18.2 Å². The number of carbonyl (C=O) groups is 1. The molecule has 0 radical (unpaired) electrons. The van der Waals surface area contributed by atoms with Crippen molar-refractivity contribution in [3.8, 4) is 5.75 Å². The van der Waals surface area contributed by atoms with Crippen molar-refractivity contribution >= 4 is 11.6 Å².